The Hall–Kier alpha value is -1.68. The molecule has 0 saturated carbocycles. The third-order valence-electron chi connectivity index (χ3n) is 4.29. The first-order valence-corrected chi connectivity index (χ1v) is 7.55. The number of hydrogen-bond acceptors (Lipinski definition) is 3. The molecule has 0 radical (unpaired) electrons. The molecular formula is C17H24N2O2. The van der Waals surface area contributed by atoms with Crippen molar-refractivity contribution in [1.82, 2.24) is 4.90 Å². The molecule has 2 N–H and O–H groups in total. The summed E-state index contributed by atoms with van der Waals surface area (Å²) in [6.45, 7) is 2.02. The normalized spacial score (nSPS) is 23.4. The number of carbonyl (C=O) groups excluding carboxylic acids is 2. The maximum atomic E-state index is 12.1. The van der Waals surface area contributed by atoms with E-state index in [9.17, 15) is 9.59 Å². The first-order valence-electron chi connectivity index (χ1n) is 7.55. The second-order valence-electron chi connectivity index (χ2n) is 6.13. The first-order chi connectivity index (χ1) is 9.97. The lowest BCUT2D eigenvalue weighted by Crippen LogP contribution is -2.29. The first kappa shape index (κ1) is 15.7. The summed E-state index contributed by atoms with van der Waals surface area (Å²) in [5, 5.41) is 0. The second kappa shape index (κ2) is 6.85. The molecule has 1 saturated heterocycles. The maximum Gasteiger partial charge on any atom is 0.226 e. The minimum atomic E-state index is -0.174. The number of amides is 1. The van der Waals surface area contributed by atoms with Crippen LogP contribution in [0.15, 0.2) is 30.3 Å². The Morgan fingerprint density at radius 1 is 1.38 bits per heavy atom. The minimum Gasteiger partial charge on any atom is -0.343 e. The van der Waals surface area contributed by atoms with Crippen LogP contribution < -0.4 is 5.73 Å². The number of carbonyl (C=O) groups is 2. The lowest BCUT2D eigenvalue weighted by Gasteiger charge is -2.14. The van der Waals surface area contributed by atoms with Crippen LogP contribution in [0.25, 0.3) is 0 Å². The van der Waals surface area contributed by atoms with Crippen molar-refractivity contribution in [3.05, 3.63) is 35.9 Å². The molecule has 2 rings (SSSR count). The molecule has 1 aliphatic heterocycles. The summed E-state index contributed by atoms with van der Waals surface area (Å²) in [5.41, 5.74) is 7.20. The third-order valence-corrected chi connectivity index (χ3v) is 4.29. The Morgan fingerprint density at radius 3 is 2.62 bits per heavy atom. The van der Waals surface area contributed by atoms with Crippen molar-refractivity contribution >= 4 is 11.7 Å². The molecule has 1 aromatic carbocycles. The average molecular weight is 288 g/mol. The van der Waals surface area contributed by atoms with Crippen LogP contribution in [0.2, 0.25) is 0 Å². The van der Waals surface area contributed by atoms with Crippen LogP contribution in [-0.4, -0.2) is 35.7 Å². The Labute approximate surface area is 126 Å². The summed E-state index contributed by atoms with van der Waals surface area (Å²) in [6, 6.07) is 9.99. The van der Waals surface area contributed by atoms with E-state index >= 15 is 0 Å². The second-order valence-corrected chi connectivity index (χ2v) is 6.13. The summed E-state index contributed by atoms with van der Waals surface area (Å²) in [6.07, 6.45) is 2.14. The van der Waals surface area contributed by atoms with E-state index in [-0.39, 0.29) is 29.7 Å². The fourth-order valence-corrected chi connectivity index (χ4v) is 2.99. The van der Waals surface area contributed by atoms with E-state index < -0.39 is 0 Å². The summed E-state index contributed by atoms with van der Waals surface area (Å²) in [7, 11) is 1.80. The van der Waals surface area contributed by atoms with Gasteiger partial charge in [0.1, 0.15) is 5.78 Å². The van der Waals surface area contributed by atoms with Crippen LogP contribution in [0.5, 0.6) is 0 Å². The van der Waals surface area contributed by atoms with Gasteiger partial charge in [0.05, 0.1) is 0 Å². The van der Waals surface area contributed by atoms with Gasteiger partial charge in [0, 0.05) is 37.9 Å². The molecule has 0 aliphatic carbocycles. The van der Waals surface area contributed by atoms with Crippen molar-refractivity contribution in [2.75, 3.05) is 7.05 Å². The van der Waals surface area contributed by atoms with E-state index in [0.717, 1.165) is 12.0 Å². The zero-order valence-corrected chi connectivity index (χ0v) is 12.8. The molecule has 21 heavy (non-hydrogen) atoms. The fourth-order valence-electron chi connectivity index (χ4n) is 2.99. The number of hydrogen-bond donors (Lipinski definition) is 1. The van der Waals surface area contributed by atoms with E-state index in [1.165, 1.54) is 0 Å². The Bertz CT molecular complexity index is 501. The predicted octanol–water partition coefficient (Wildman–Crippen LogP) is 1.77. The lowest BCUT2D eigenvalue weighted by molar-refractivity contribution is -0.133. The van der Waals surface area contributed by atoms with E-state index in [0.29, 0.717) is 19.3 Å². The van der Waals surface area contributed by atoms with Crippen molar-refractivity contribution in [1.29, 1.82) is 0 Å². The third kappa shape index (κ3) is 4.14. The van der Waals surface area contributed by atoms with Crippen molar-refractivity contribution in [3.63, 3.8) is 0 Å². The number of likely N-dealkylation sites (tertiary alicyclic amines) is 1. The van der Waals surface area contributed by atoms with Gasteiger partial charge in [0.2, 0.25) is 5.91 Å². The van der Waals surface area contributed by atoms with Gasteiger partial charge in [-0.2, -0.15) is 0 Å². The average Bonchev–Trinajstić information content (AvgIpc) is 2.67. The Kier molecular flexibility index (Phi) is 5.12. The van der Waals surface area contributed by atoms with Crippen molar-refractivity contribution < 1.29 is 9.59 Å². The molecule has 114 valence electrons. The smallest absolute Gasteiger partial charge is 0.226 e. The molecule has 4 nitrogen and oxygen atoms in total. The number of Topliss-reactive ketones (excluding diaryl/α,β-unsaturated/α-hetero) is 1. The van der Waals surface area contributed by atoms with Gasteiger partial charge in [-0.15, -0.1) is 0 Å². The summed E-state index contributed by atoms with van der Waals surface area (Å²) >= 11 is 0. The summed E-state index contributed by atoms with van der Waals surface area (Å²) in [5.74, 6) is 0.0354. The highest BCUT2D eigenvalue weighted by Crippen LogP contribution is 2.26. The minimum absolute atomic E-state index is 0.0903. The lowest BCUT2D eigenvalue weighted by atomic mass is 9.94. The summed E-state index contributed by atoms with van der Waals surface area (Å²) < 4.78 is 0. The van der Waals surface area contributed by atoms with Gasteiger partial charge in [-0.25, -0.2) is 0 Å². The summed E-state index contributed by atoms with van der Waals surface area (Å²) in [4.78, 5) is 25.8. The molecule has 0 spiro atoms. The molecule has 1 aliphatic rings. The molecular weight excluding hydrogens is 264 g/mol. The van der Waals surface area contributed by atoms with Gasteiger partial charge in [-0.1, -0.05) is 30.3 Å². The highest BCUT2D eigenvalue weighted by Gasteiger charge is 2.35. The van der Waals surface area contributed by atoms with Crippen LogP contribution in [0, 0.1) is 5.92 Å². The van der Waals surface area contributed by atoms with Crippen LogP contribution in [0.3, 0.4) is 0 Å². The maximum absolute atomic E-state index is 12.1. The van der Waals surface area contributed by atoms with Gasteiger partial charge in [-0.05, 0) is 25.3 Å². The van der Waals surface area contributed by atoms with Crippen molar-refractivity contribution in [2.24, 2.45) is 11.7 Å². The largest absolute Gasteiger partial charge is 0.343 e. The highest BCUT2D eigenvalue weighted by atomic mass is 16.2. The van der Waals surface area contributed by atoms with E-state index in [2.05, 4.69) is 0 Å². The number of ketones is 1. The van der Waals surface area contributed by atoms with E-state index in [4.69, 9.17) is 5.73 Å². The van der Waals surface area contributed by atoms with E-state index in [1.807, 2.05) is 37.3 Å². The molecule has 4 heteroatoms. The molecule has 1 aromatic rings. The standard InChI is InChI=1S/C17H24N2O2/c1-12-8-14(17(21)19(12)2)10-16(20)11-15(18)9-13-6-4-3-5-7-13/h3-7,12,14-15H,8-11,18H2,1-2H3/t12?,14-,15-/m1/s1. The predicted molar refractivity (Wildman–Crippen MR) is 82.7 cm³/mol. The number of nitrogens with zero attached hydrogens (tertiary/aromatic N) is 1. The van der Waals surface area contributed by atoms with Gasteiger partial charge in [-0.3, -0.25) is 9.59 Å². The molecule has 0 bridgehead atoms. The highest BCUT2D eigenvalue weighted by molar-refractivity contribution is 5.88. The van der Waals surface area contributed by atoms with Crippen LogP contribution in [-0.2, 0) is 16.0 Å². The van der Waals surface area contributed by atoms with Crippen molar-refractivity contribution in [3.8, 4) is 0 Å². The fraction of sp³-hybridized carbons (Fsp3) is 0.529. The molecule has 0 aromatic heterocycles. The topological polar surface area (TPSA) is 63.4 Å². The number of rotatable bonds is 6. The van der Waals surface area contributed by atoms with E-state index in [1.54, 1.807) is 11.9 Å². The number of nitrogens with two attached hydrogens (primary N) is 1. The van der Waals surface area contributed by atoms with Gasteiger partial charge < -0.3 is 10.6 Å². The Balaban J connectivity index is 1.81. The van der Waals surface area contributed by atoms with Gasteiger partial charge in [0.15, 0.2) is 0 Å². The zero-order valence-electron chi connectivity index (χ0n) is 12.8. The van der Waals surface area contributed by atoms with Crippen LogP contribution in [0.1, 0.15) is 31.7 Å². The molecule has 1 unspecified atom stereocenters. The van der Waals surface area contributed by atoms with Crippen LogP contribution >= 0.6 is 0 Å². The van der Waals surface area contributed by atoms with Gasteiger partial charge >= 0.3 is 0 Å². The molecule has 1 fully saturated rings. The van der Waals surface area contributed by atoms with Gasteiger partial charge in [0.25, 0.3) is 0 Å². The quantitative estimate of drug-likeness (QED) is 0.867. The molecule has 3 atom stereocenters. The molecule has 1 heterocycles. The van der Waals surface area contributed by atoms with Crippen LogP contribution in [0.4, 0.5) is 0 Å². The monoisotopic (exact) mass is 288 g/mol. The number of benzene rings is 1. The molecule has 1 amide bonds. The zero-order chi connectivity index (χ0) is 15.4. The Morgan fingerprint density at radius 2 is 2.05 bits per heavy atom. The SMILES string of the molecule is CC1C[C@H](CC(=O)C[C@H](N)Cc2ccccc2)C(=O)N1C. The van der Waals surface area contributed by atoms with Crippen molar-refractivity contribution in [2.45, 2.75) is 44.7 Å².